The molecule has 1 atom stereocenters. The minimum Gasteiger partial charge on any atom is -0.281 e. The minimum atomic E-state index is -1.39. The van der Waals surface area contributed by atoms with Crippen LogP contribution in [0.15, 0.2) is 60.7 Å². The summed E-state index contributed by atoms with van der Waals surface area (Å²) < 4.78 is 0. The summed E-state index contributed by atoms with van der Waals surface area (Å²) in [5.41, 5.74) is 6.33. The molecule has 0 bridgehead atoms. The predicted molar refractivity (Wildman–Crippen MR) is 116 cm³/mol. The van der Waals surface area contributed by atoms with Crippen LogP contribution in [-0.4, -0.2) is 19.0 Å². The molecule has 0 aliphatic carbocycles. The Hall–Kier alpha value is -1.82. The van der Waals surface area contributed by atoms with Crippen LogP contribution in [0.2, 0.25) is 19.6 Å². The van der Waals surface area contributed by atoms with Crippen molar-refractivity contribution in [2.45, 2.75) is 59.0 Å². The Morgan fingerprint density at radius 2 is 1.27 bits per heavy atom. The van der Waals surface area contributed by atoms with Crippen molar-refractivity contribution in [3.63, 3.8) is 0 Å². The maximum absolute atomic E-state index is 3.67. The van der Waals surface area contributed by atoms with Crippen molar-refractivity contribution in [2.24, 2.45) is 5.92 Å². The van der Waals surface area contributed by atoms with Crippen molar-refractivity contribution in [1.29, 1.82) is 0 Å². The van der Waals surface area contributed by atoms with E-state index in [-0.39, 0.29) is 0 Å². The molecule has 0 aliphatic heterocycles. The molecule has 0 heterocycles. The molecule has 0 saturated carbocycles. The molecule has 2 aromatic rings. The Labute approximate surface area is 161 Å². The van der Waals surface area contributed by atoms with Gasteiger partial charge in [-0.3, -0.25) is 4.90 Å². The summed E-state index contributed by atoms with van der Waals surface area (Å²) in [5.74, 6) is 4.30. The van der Waals surface area contributed by atoms with E-state index in [0.29, 0.717) is 12.0 Å². The maximum Gasteiger partial charge on any atom is 0.129 e. The summed E-state index contributed by atoms with van der Waals surface area (Å²) in [5, 5.41) is 0. The lowest BCUT2D eigenvalue weighted by Gasteiger charge is -2.30. The Bertz CT molecular complexity index is 663. The van der Waals surface area contributed by atoms with Gasteiger partial charge in [0.15, 0.2) is 0 Å². The van der Waals surface area contributed by atoms with E-state index in [1.807, 2.05) is 0 Å². The van der Waals surface area contributed by atoms with Crippen LogP contribution >= 0.6 is 0 Å². The number of nitrogens with zero attached hydrogens (tertiary/aromatic N) is 1. The van der Waals surface area contributed by atoms with Crippen LogP contribution in [0.4, 0.5) is 0 Å². The van der Waals surface area contributed by atoms with Gasteiger partial charge in [-0.1, -0.05) is 100 Å². The van der Waals surface area contributed by atoms with Gasteiger partial charge in [-0.25, -0.2) is 0 Å². The lowest BCUT2D eigenvalue weighted by Crippen LogP contribution is -2.35. The first kappa shape index (κ1) is 20.5. The van der Waals surface area contributed by atoms with E-state index in [9.17, 15) is 0 Å². The second-order valence-electron chi connectivity index (χ2n) is 8.54. The molecule has 0 aromatic heterocycles. The van der Waals surface area contributed by atoms with Crippen molar-refractivity contribution in [1.82, 2.24) is 4.90 Å². The first-order valence-corrected chi connectivity index (χ1v) is 13.2. The predicted octanol–water partition coefficient (Wildman–Crippen LogP) is 5.98. The van der Waals surface area contributed by atoms with Gasteiger partial charge in [0.2, 0.25) is 0 Å². The van der Waals surface area contributed by atoms with Gasteiger partial charge in [-0.05, 0) is 23.5 Å². The molecule has 138 valence electrons. The zero-order chi connectivity index (χ0) is 19.0. The first-order chi connectivity index (χ1) is 12.3. The van der Waals surface area contributed by atoms with Crippen molar-refractivity contribution >= 4 is 8.07 Å². The van der Waals surface area contributed by atoms with Gasteiger partial charge in [-0.15, -0.1) is 5.54 Å². The number of rotatable bonds is 7. The van der Waals surface area contributed by atoms with E-state index >= 15 is 0 Å². The van der Waals surface area contributed by atoms with Gasteiger partial charge >= 0.3 is 0 Å². The van der Waals surface area contributed by atoms with E-state index in [2.05, 4.69) is 111 Å². The summed E-state index contributed by atoms with van der Waals surface area (Å²) >= 11 is 0. The Balaban J connectivity index is 2.31. The van der Waals surface area contributed by atoms with E-state index in [1.54, 1.807) is 0 Å². The van der Waals surface area contributed by atoms with Crippen molar-refractivity contribution in [2.75, 3.05) is 0 Å². The van der Waals surface area contributed by atoms with E-state index < -0.39 is 8.07 Å². The summed E-state index contributed by atoms with van der Waals surface area (Å²) in [6.45, 7) is 13.4. The monoisotopic (exact) mass is 363 g/mol. The molecular formula is C24H33NSi. The first-order valence-electron chi connectivity index (χ1n) is 9.68. The normalized spacial score (nSPS) is 12.7. The van der Waals surface area contributed by atoms with Crippen LogP contribution in [0, 0.1) is 17.4 Å². The average Bonchev–Trinajstić information content (AvgIpc) is 2.59. The molecule has 2 heteroatoms. The molecule has 0 N–H and O–H groups in total. The average molecular weight is 364 g/mol. The molecule has 1 nitrogen and oxygen atoms in total. The molecule has 26 heavy (non-hydrogen) atoms. The van der Waals surface area contributed by atoms with Crippen LogP contribution in [0.5, 0.6) is 0 Å². The Kier molecular flexibility index (Phi) is 7.69. The van der Waals surface area contributed by atoms with Crippen molar-refractivity contribution < 1.29 is 0 Å². The highest BCUT2D eigenvalue weighted by Crippen LogP contribution is 2.18. The fourth-order valence-electron chi connectivity index (χ4n) is 2.96. The Morgan fingerprint density at radius 1 is 0.808 bits per heavy atom. The summed E-state index contributed by atoms with van der Waals surface area (Å²) in [7, 11) is -1.39. The lowest BCUT2D eigenvalue weighted by molar-refractivity contribution is 0.196. The van der Waals surface area contributed by atoms with E-state index in [4.69, 9.17) is 0 Å². The van der Waals surface area contributed by atoms with Gasteiger partial charge in [0.25, 0.3) is 0 Å². The fraction of sp³-hybridized carbons (Fsp3) is 0.417. The lowest BCUT2D eigenvalue weighted by atomic mass is 10.0. The SMILES string of the molecule is CC(C)C[C@@H](C#C[Si](C)(C)C)N(Cc1ccccc1)Cc1ccccc1. The second kappa shape index (κ2) is 9.76. The fourth-order valence-corrected chi connectivity index (χ4v) is 3.56. The highest BCUT2D eigenvalue weighted by molar-refractivity contribution is 6.83. The van der Waals surface area contributed by atoms with Crippen LogP contribution in [0.1, 0.15) is 31.4 Å². The molecule has 0 amide bonds. The smallest absolute Gasteiger partial charge is 0.129 e. The summed E-state index contributed by atoms with van der Waals surface area (Å²) in [6.07, 6.45) is 1.11. The quantitative estimate of drug-likeness (QED) is 0.432. The largest absolute Gasteiger partial charge is 0.281 e. The maximum atomic E-state index is 3.67. The molecular weight excluding hydrogens is 330 g/mol. The molecule has 0 unspecified atom stereocenters. The van der Waals surface area contributed by atoms with Gasteiger partial charge < -0.3 is 0 Å². The van der Waals surface area contributed by atoms with Crippen molar-refractivity contribution in [3.8, 4) is 11.5 Å². The third-order valence-corrected chi connectivity index (χ3v) is 5.10. The molecule has 0 radical (unpaired) electrons. The van der Waals surface area contributed by atoms with Gasteiger partial charge in [0.05, 0.1) is 6.04 Å². The molecule has 0 fully saturated rings. The molecule has 0 aliphatic rings. The van der Waals surface area contributed by atoms with E-state index in [1.165, 1.54) is 11.1 Å². The summed E-state index contributed by atoms with van der Waals surface area (Å²) in [4.78, 5) is 2.55. The summed E-state index contributed by atoms with van der Waals surface area (Å²) in [6, 6.07) is 21.8. The second-order valence-corrected chi connectivity index (χ2v) is 13.3. The molecule has 0 saturated heterocycles. The van der Waals surface area contributed by atoms with Gasteiger partial charge in [0.1, 0.15) is 8.07 Å². The number of hydrogen-bond donors (Lipinski definition) is 0. The van der Waals surface area contributed by atoms with Crippen LogP contribution in [-0.2, 0) is 13.1 Å². The highest BCUT2D eigenvalue weighted by atomic mass is 28.3. The van der Waals surface area contributed by atoms with Crippen LogP contribution in [0.3, 0.4) is 0 Å². The van der Waals surface area contributed by atoms with Crippen LogP contribution in [0.25, 0.3) is 0 Å². The Morgan fingerprint density at radius 3 is 1.65 bits per heavy atom. The number of hydrogen-bond acceptors (Lipinski definition) is 1. The zero-order valence-corrected chi connectivity index (χ0v) is 18.0. The van der Waals surface area contributed by atoms with Crippen molar-refractivity contribution in [3.05, 3.63) is 71.8 Å². The molecule has 0 spiro atoms. The van der Waals surface area contributed by atoms with E-state index in [0.717, 1.165) is 19.5 Å². The van der Waals surface area contributed by atoms with Gasteiger partial charge in [-0.2, -0.15) is 0 Å². The zero-order valence-electron chi connectivity index (χ0n) is 17.0. The molecule has 2 aromatic carbocycles. The minimum absolute atomic E-state index is 0.294. The third-order valence-electron chi connectivity index (χ3n) is 4.21. The van der Waals surface area contributed by atoms with Gasteiger partial charge in [0, 0.05) is 13.1 Å². The van der Waals surface area contributed by atoms with Crippen LogP contribution < -0.4 is 0 Å². The number of benzene rings is 2. The topological polar surface area (TPSA) is 3.24 Å². The standard InChI is InChI=1S/C24H33NSi/c1-21(2)18-24(16-17-26(3,4)5)25(19-22-12-8-6-9-13-22)20-23-14-10-7-11-15-23/h6-15,21,24H,18-20H2,1-5H3/t24-/m1/s1. The molecule has 2 rings (SSSR count). The third kappa shape index (κ3) is 7.60. The highest BCUT2D eigenvalue weighted by Gasteiger charge is 2.19.